The molecule has 7 heteroatoms. The van der Waals surface area contributed by atoms with Crippen molar-refractivity contribution in [2.75, 3.05) is 24.2 Å². The van der Waals surface area contributed by atoms with Crippen molar-refractivity contribution in [3.05, 3.63) is 87.5 Å². The third-order valence-electron chi connectivity index (χ3n) is 5.40. The van der Waals surface area contributed by atoms with Crippen LogP contribution in [0.2, 0.25) is 10.0 Å². The average molecular weight is 471 g/mol. The summed E-state index contributed by atoms with van der Waals surface area (Å²) in [6, 6.07) is 17.4. The molecule has 1 unspecified atom stereocenters. The summed E-state index contributed by atoms with van der Waals surface area (Å²) in [5.41, 5.74) is 3.59. The van der Waals surface area contributed by atoms with E-state index in [-0.39, 0.29) is 5.91 Å². The van der Waals surface area contributed by atoms with Gasteiger partial charge >= 0.3 is 0 Å². The van der Waals surface area contributed by atoms with Gasteiger partial charge in [-0.3, -0.25) is 9.69 Å². The molecule has 168 valence electrons. The van der Waals surface area contributed by atoms with E-state index in [1.807, 2.05) is 6.07 Å². The maximum absolute atomic E-state index is 12.8. The highest BCUT2D eigenvalue weighted by molar-refractivity contribution is 6.31. The maximum Gasteiger partial charge on any atom is 0.257 e. The number of carbonyl (C=O) groups excluding carboxylic acids is 1. The third-order valence-corrected chi connectivity index (χ3v) is 5.86. The SMILES string of the molecule is CCCN(C)C(C)c1ccc(NCc2ccc(Cl)cc2C(=O)Nc2ccc(Cl)cn2)cc1. The first-order chi connectivity index (χ1) is 15.4. The first-order valence-corrected chi connectivity index (χ1v) is 11.4. The van der Waals surface area contributed by atoms with Crippen LogP contribution in [0.3, 0.4) is 0 Å². The number of benzene rings is 2. The summed E-state index contributed by atoms with van der Waals surface area (Å²) < 4.78 is 0. The molecule has 32 heavy (non-hydrogen) atoms. The molecule has 3 rings (SSSR count). The second-order valence-corrected chi connectivity index (χ2v) is 8.62. The highest BCUT2D eigenvalue weighted by atomic mass is 35.5. The molecule has 0 radical (unpaired) electrons. The van der Waals surface area contributed by atoms with Crippen LogP contribution < -0.4 is 10.6 Å². The predicted octanol–water partition coefficient (Wildman–Crippen LogP) is 6.66. The summed E-state index contributed by atoms with van der Waals surface area (Å²) in [5.74, 6) is 0.151. The molecular formula is C25H28Cl2N4O. The summed E-state index contributed by atoms with van der Waals surface area (Å²) in [4.78, 5) is 19.3. The molecule has 1 atom stereocenters. The van der Waals surface area contributed by atoms with Crippen LogP contribution in [0.25, 0.3) is 0 Å². The van der Waals surface area contributed by atoms with Gasteiger partial charge in [0.25, 0.3) is 5.91 Å². The van der Waals surface area contributed by atoms with E-state index < -0.39 is 0 Å². The van der Waals surface area contributed by atoms with Gasteiger partial charge in [-0.25, -0.2) is 4.98 Å². The lowest BCUT2D eigenvalue weighted by Gasteiger charge is -2.24. The first-order valence-electron chi connectivity index (χ1n) is 10.6. The first kappa shape index (κ1) is 24.1. The zero-order valence-corrected chi connectivity index (χ0v) is 20.0. The summed E-state index contributed by atoms with van der Waals surface area (Å²) in [7, 11) is 2.15. The van der Waals surface area contributed by atoms with Crippen molar-refractivity contribution in [2.45, 2.75) is 32.9 Å². The summed E-state index contributed by atoms with van der Waals surface area (Å²) in [6.45, 7) is 5.95. The fraction of sp³-hybridized carbons (Fsp3) is 0.280. The van der Waals surface area contributed by atoms with Gasteiger partial charge in [-0.2, -0.15) is 0 Å². The molecule has 0 saturated carbocycles. The number of carbonyl (C=O) groups is 1. The van der Waals surface area contributed by atoms with Gasteiger partial charge in [0.2, 0.25) is 0 Å². The van der Waals surface area contributed by atoms with Gasteiger partial charge < -0.3 is 10.6 Å². The molecule has 0 aliphatic rings. The molecule has 0 aliphatic heterocycles. The van der Waals surface area contributed by atoms with Gasteiger partial charge in [0.15, 0.2) is 0 Å². The topological polar surface area (TPSA) is 57.3 Å². The summed E-state index contributed by atoms with van der Waals surface area (Å²) in [5, 5.41) is 7.20. The third kappa shape index (κ3) is 6.45. The van der Waals surface area contributed by atoms with E-state index in [2.05, 4.69) is 65.7 Å². The molecule has 2 N–H and O–H groups in total. The van der Waals surface area contributed by atoms with E-state index in [1.165, 1.54) is 11.8 Å². The molecule has 3 aromatic rings. The number of aromatic nitrogens is 1. The van der Waals surface area contributed by atoms with Gasteiger partial charge in [0, 0.05) is 35.1 Å². The highest BCUT2D eigenvalue weighted by Crippen LogP contribution is 2.23. The molecule has 0 bridgehead atoms. The summed E-state index contributed by atoms with van der Waals surface area (Å²) >= 11 is 12.0. The van der Waals surface area contributed by atoms with Crippen LogP contribution in [0.5, 0.6) is 0 Å². The maximum atomic E-state index is 12.8. The molecule has 0 saturated heterocycles. The summed E-state index contributed by atoms with van der Waals surface area (Å²) in [6.07, 6.45) is 2.62. The molecular weight excluding hydrogens is 443 g/mol. The van der Waals surface area contributed by atoms with E-state index >= 15 is 0 Å². The van der Waals surface area contributed by atoms with Crippen molar-refractivity contribution in [3.63, 3.8) is 0 Å². The van der Waals surface area contributed by atoms with Crippen molar-refractivity contribution in [1.29, 1.82) is 0 Å². The van der Waals surface area contributed by atoms with E-state index in [0.717, 1.165) is 24.2 Å². The number of anilines is 2. The van der Waals surface area contributed by atoms with Gasteiger partial charge in [-0.05, 0) is 74.5 Å². The number of pyridine rings is 1. The molecule has 1 aromatic heterocycles. The van der Waals surface area contributed by atoms with E-state index in [0.29, 0.717) is 34.0 Å². The van der Waals surface area contributed by atoms with Crippen LogP contribution in [0, 0.1) is 0 Å². The van der Waals surface area contributed by atoms with Crippen molar-refractivity contribution in [1.82, 2.24) is 9.88 Å². The Labute approximate surface area is 199 Å². The normalized spacial score (nSPS) is 11.9. The number of nitrogens with zero attached hydrogens (tertiary/aromatic N) is 2. The highest BCUT2D eigenvalue weighted by Gasteiger charge is 2.14. The lowest BCUT2D eigenvalue weighted by Crippen LogP contribution is -2.23. The molecule has 0 fully saturated rings. The van der Waals surface area contributed by atoms with Crippen molar-refractivity contribution >= 4 is 40.6 Å². The van der Waals surface area contributed by atoms with Crippen molar-refractivity contribution in [3.8, 4) is 0 Å². The van der Waals surface area contributed by atoms with Crippen molar-refractivity contribution in [2.24, 2.45) is 0 Å². The second-order valence-electron chi connectivity index (χ2n) is 7.75. The zero-order chi connectivity index (χ0) is 23.1. The molecule has 0 aliphatic carbocycles. The zero-order valence-electron chi connectivity index (χ0n) is 18.5. The molecule has 5 nitrogen and oxygen atoms in total. The quantitative estimate of drug-likeness (QED) is 0.367. The Morgan fingerprint density at radius 3 is 2.44 bits per heavy atom. The van der Waals surface area contributed by atoms with Gasteiger partial charge in [0.05, 0.1) is 5.02 Å². The smallest absolute Gasteiger partial charge is 0.257 e. The fourth-order valence-electron chi connectivity index (χ4n) is 3.43. The van der Waals surface area contributed by atoms with Crippen molar-refractivity contribution < 1.29 is 4.79 Å². The van der Waals surface area contributed by atoms with E-state index in [1.54, 1.807) is 24.3 Å². The number of halogens is 2. The minimum absolute atomic E-state index is 0.276. The van der Waals surface area contributed by atoms with Gasteiger partial charge in [0.1, 0.15) is 5.82 Å². The van der Waals surface area contributed by atoms with E-state index in [9.17, 15) is 4.79 Å². The predicted molar refractivity (Wildman–Crippen MR) is 134 cm³/mol. The van der Waals surface area contributed by atoms with Crippen LogP contribution in [0.4, 0.5) is 11.5 Å². The van der Waals surface area contributed by atoms with Crippen LogP contribution in [0.1, 0.15) is 47.8 Å². The average Bonchev–Trinajstić information content (AvgIpc) is 2.79. The standard InChI is InChI=1S/C25H28Cl2N4O/c1-4-13-31(3)17(2)18-6-10-22(11-7-18)28-15-19-5-8-20(26)14-23(19)25(32)30-24-12-9-21(27)16-29-24/h5-12,14,16-17,28H,4,13,15H2,1-3H3,(H,29,30,32). The molecule has 2 aromatic carbocycles. The second kappa shape index (κ2) is 11.3. The Bertz CT molecular complexity index is 1040. The number of amides is 1. The Balaban J connectivity index is 1.68. The lowest BCUT2D eigenvalue weighted by atomic mass is 10.1. The van der Waals surface area contributed by atoms with Gasteiger partial charge in [-0.1, -0.05) is 48.3 Å². The number of rotatable bonds is 9. The molecule has 1 heterocycles. The fourth-order valence-corrected chi connectivity index (χ4v) is 3.71. The Morgan fingerprint density at radius 1 is 1.06 bits per heavy atom. The van der Waals surface area contributed by atoms with Crippen LogP contribution in [-0.4, -0.2) is 29.4 Å². The van der Waals surface area contributed by atoms with Crippen LogP contribution in [-0.2, 0) is 6.54 Å². The molecule has 0 spiro atoms. The van der Waals surface area contributed by atoms with Crippen LogP contribution in [0.15, 0.2) is 60.8 Å². The minimum atomic E-state index is -0.276. The lowest BCUT2D eigenvalue weighted by molar-refractivity contribution is 0.102. The number of nitrogens with one attached hydrogen (secondary N) is 2. The molecule has 1 amide bonds. The Kier molecular flexibility index (Phi) is 8.51. The monoisotopic (exact) mass is 470 g/mol. The largest absolute Gasteiger partial charge is 0.381 e. The van der Waals surface area contributed by atoms with Gasteiger partial charge in [-0.15, -0.1) is 0 Å². The Morgan fingerprint density at radius 2 is 1.78 bits per heavy atom. The minimum Gasteiger partial charge on any atom is -0.381 e. The van der Waals surface area contributed by atoms with Crippen LogP contribution >= 0.6 is 23.2 Å². The number of hydrogen-bond donors (Lipinski definition) is 2. The Hall–Kier alpha value is -2.60. The number of hydrogen-bond acceptors (Lipinski definition) is 4. The van der Waals surface area contributed by atoms with E-state index in [4.69, 9.17) is 23.2 Å².